The van der Waals surface area contributed by atoms with E-state index in [2.05, 4.69) is 9.80 Å². The maximum Gasteiger partial charge on any atom is 0.267 e. The molecule has 0 radical (unpaired) electrons. The number of rotatable bonds is 9. The molecule has 2 aromatic heterocycles. The summed E-state index contributed by atoms with van der Waals surface area (Å²) in [6.07, 6.45) is 3.92. The molecule has 5 rings (SSSR count). The van der Waals surface area contributed by atoms with E-state index in [1.165, 1.54) is 16.2 Å². The number of ether oxygens (including phenoxy) is 2. The number of amides is 1. The van der Waals surface area contributed by atoms with Crippen molar-refractivity contribution in [3.05, 3.63) is 68.5 Å². The SMILES string of the molecule is COc1ccc(CCN2C(=O)/C(=C/c3c(N4CCN(CCO)CC4)nc4c(C)cccn4c3=O)SC2=S)cc1OC. The molecule has 2 aliphatic heterocycles. The second kappa shape index (κ2) is 12.6. The summed E-state index contributed by atoms with van der Waals surface area (Å²) in [5.41, 5.74) is 2.59. The van der Waals surface area contributed by atoms with Gasteiger partial charge in [-0.25, -0.2) is 4.98 Å². The Morgan fingerprint density at radius 3 is 2.54 bits per heavy atom. The van der Waals surface area contributed by atoms with Gasteiger partial charge in [0.05, 0.1) is 31.3 Å². The predicted molar refractivity (Wildman–Crippen MR) is 165 cm³/mol. The molecule has 4 heterocycles. The normalized spacial score (nSPS) is 17.2. The number of aromatic nitrogens is 2. The van der Waals surface area contributed by atoms with Crippen molar-refractivity contribution in [2.45, 2.75) is 13.3 Å². The van der Waals surface area contributed by atoms with Crippen molar-refractivity contribution in [3.63, 3.8) is 0 Å². The van der Waals surface area contributed by atoms with E-state index in [1.54, 1.807) is 31.4 Å². The van der Waals surface area contributed by atoms with Gasteiger partial charge in [-0.1, -0.05) is 36.1 Å². The van der Waals surface area contributed by atoms with Crippen LogP contribution in [0.5, 0.6) is 11.5 Å². The van der Waals surface area contributed by atoms with Crippen LogP contribution in [0.4, 0.5) is 5.82 Å². The first-order valence-corrected chi connectivity index (χ1v) is 14.6. The summed E-state index contributed by atoms with van der Waals surface area (Å²) in [5.74, 6) is 1.59. The Morgan fingerprint density at radius 1 is 1.07 bits per heavy atom. The zero-order valence-corrected chi connectivity index (χ0v) is 25.0. The molecule has 0 bridgehead atoms. The van der Waals surface area contributed by atoms with Gasteiger partial charge in [0, 0.05) is 45.5 Å². The number of hydrogen-bond donors (Lipinski definition) is 1. The highest BCUT2D eigenvalue weighted by Gasteiger charge is 2.33. The average Bonchev–Trinajstić information content (AvgIpc) is 3.25. The quantitative estimate of drug-likeness (QED) is 0.294. The first-order chi connectivity index (χ1) is 19.8. The topological polar surface area (TPSA) is 99.9 Å². The van der Waals surface area contributed by atoms with Crippen LogP contribution in [0.15, 0.2) is 46.2 Å². The van der Waals surface area contributed by atoms with E-state index >= 15 is 0 Å². The maximum absolute atomic E-state index is 13.8. The van der Waals surface area contributed by atoms with E-state index in [4.69, 9.17) is 26.7 Å². The summed E-state index contributed by atoms with van der Waals surface area (Å²) in [4.78, 5) is 38.5. The van der Waals surface area contributed by atoms with Crippen LogP contribution >= 0.6 is 24.0 Å². The third kappa shape index (κ3) is 5.96. The van der Waals surface area contributed by atoms with E-state index in [1.807, 2.05) is 37.3 Å². The number of benzene rings is 1. The summed E-state index contributed by atoms with van der Waals surface area (Å²) < 4.78 is 12.7. The molecule has 0 saturated carbocycles. The minimum Gasteiger partial charge on any atom is -0.493 e. The maximum atomic E-state index is 13.8. The van der Waals surface area contributed by atoms with Gasteiger partial charge in [-0.05, 0) is 48.7 Å². The number of aryl methyl sites for hydroxylation is 1. The van der Waals surface area contributed by atoms with Crippen LogP contribution in [0.25, 0.3) is 11.7 Å². The lowest BCUT2D eigenvalue weighted by atomic mass is 10.1. The summed E-state index contributed by atoms with van der Waals surface area (Å²) in [6.45, 7) is 5.83. The molecule has 1 N–H and O–H groups in total. The first kappa shape index (κ1) is 29.1. The van der Waals surface area contributed by atoms with Crippen LogP contribution < -0.4 is 19.9 Å². The lowest BCUT2D eigenvalue weighted by Gasteiger charge is -2.35. The average molecular weight is 596 g/mol. The van der Waals surface area contributed by atoms with Gasteiger partial charge >= 0.3 is 0 Å². The molecule has 12 heteroatoms. The lowest BCUT2D eigenvalue weighted by Crippen LogP contribution is -2.48. The number of carbonyl (C=O) groups excluding carboxylic acids is 1. The van der Waals surface area contributed by atoms with Crippen LogP contribution in [-0.4, -0.2) is 94.6 Å². The molecule has 10 nitrogen and oxygen atoms in total. The molecule has 0 aliphatic carbocycles. The molecular formula is C29H33N5O5S2. The van der Waals surface area contributed by atoms with Crippen molar-refractivity contribution in [3.8, 4) is 11.5 Å². The molecule has 1 aromatic carbocycles. The molecule has 0 spiro atoms. The molecular weight excluding hydrogens is 562 g/mol. The van der Waals surface area contributed by atoms with E-state index in [0.29, 0.717) is 70.4 Å². The zero-order chi connectivity index (χ0) is 29.1. The van der Waals surface area contributed by atoms with Gasteiger partial charge in [0.2, 0.25) is 0 Å². The van der Waals surface area contributed by atoms with Gasteiger partial charge in [-0.15, -0.1) is 0 Å². The first-order valence-electron chi connectivity index (χ1n) is 13.4. The number of aliphatic hydroxyl groups excluding tert-OH is 1. The van der Waals surface area contributed by atoms with Crippen molar-refractivity contribution in [1.82, 2.24) is 19.2 Å². The minimum absolute atomic E-state index is 0.105. The Balaban J connectivity index is 1.44. The standard InChI is InChI=1S/C29H33N5O5S2/c1-19-5-4-9-33-25(19)30-26(32-13-11-31(12-14-32)15-16-35)21(27(33)36)18-24-28(37)34(29(40)41-24)10-8-20-6-7-22(38-2)23(17-20)39-3/h4-7,9,17-18,35H,8,10-16H2,1-3H3/b24-18-. The largest absolute Gasteiger partial charge is 0.493 e. The molecule has 0 unspecified atom stereocenters. The number of fused-ring (bicyclic) bond motifs is 1. The van der Waals surface area contributed by atoms with Gasteiger partial charge in [0.1, 0.15) is 15.8 Å². The van der Waals surface area contributed by atoms with Crippen molar-refractivity contribution in [2.75, 3.05) is 65.0 Å². The van der Waals surface area contributed by atoms with Gasteiger partial charge in [0.25, 0.3) is 11.5 Å². The minimum atomic E-state index is -0.234. The number of nitrogens with zero attached hydrogens (tertiary/aromatic N) is 5. The summed E-state index contributed by atoms with van der Waals surface area (Å²) in [5, 5.41) is 9.33. The summed E-state index contributed by atoms with van der Waals surface area (Å²) >= 11 is 6.78. The molecule has 216 valence electrons. The summed E-state index contributed by atoms with van der Waals surface area (Å²) in [7, 11) is 3.17. The number of thioether (sulfide) groups is 1. The monoisotopic (exact) mass is 595 g/mol. The Labute approximate surface area is 248 Å². The lowest BCUT2D eigenvalue weighted by molar-refractivity contribution is -0.122. The highest BCUT2D eigenvalue weighted by atomic mass is 32.2. The fourth-order valence-electron chi connectivity index (χ4n) is 5.09. The highest BCUT2D eigenvalue weighted by Crippen LogP contribution is 2.34. The number of aliphatic hydroxyl groups is 1. The predicted octanol–water partition coefficient (Wildman–Crippen LogP) is 2.58. The Hall–Kier alpha value is -3.45. The third-order valence-electron chi connectivity index (χ3n) is 7.37. The fraction of sp³-hybridized carbons (Fsp3) is 0.379. The number of methoxy groups -OCH3 is 2. The van der Waals surface area contributed by atoms with Gasteiger partial charge in [-0.3, -0.25) is 23.8 Å². The van der Waals surface area contributed by atoms with E-state index in [0.717, 1.165) is 24.2 Å². The van der Waals surface area contributed by atoms with Crippen molar-refractivity contribution < 1.29 is 19.4 Å². The Bertz CT molecular complexity index is 1570. The van der Waals surface area contributed by atoms with Crippen LogP contribution in [0.3, 0.4) is 0 Å². The van der Waals surface area contributed by atoms with Crippen LogP contribution in [0.1, 0.15) is 16.7 Å². The molecule has 2 aliphatic rings. The van der Waals surface area contributed by atoms with Crippen LogP contribution in [0, 0.1) is 6.92 Å². The van der Waals surface area contributed by atoms with Crippen molar-refractivity contribution >= 4 is 51.7 Å². The Kier molecular flexibility index (Phi) is 8.93. The second-order valence-corrected chi connectivity index (χ2v) is 11.5. The van der Waals surface area contributed by atoms with E-state index < -0.39 is 0 Å². The van der Waals surface area contributed by atoms with E-state index in [-0.39, 0.29) is 18.1 Å². The number of piperazine rings is 1. The number of hydrogen-bond acceptors (Lipinski definition) is 10. The highest BCUT2D eigenvalue weighted by molar-refractivity contribution is 8.26. The smallest absolute Gasteiger partial charge is 0.267 e. The Morgan fingerprint density at radius 2 is 1.83 bits per heavy atom. The number of thiocarbonyl (C=S) groups is 1. The number of anilines is 1. The number of pyridine rings is 1. The zero-order valence-electron chi connectivity index (χ0n) is 23.3. The van der Waals surface area contributed by atoms with Crippen LogP contribution in [0.2, 0.25) is 0 Å². The summed E-state index contributed by atoms with van der Waals surface area (Å²) in [6, 6.07) is 9.41. The molecule has 2 saturated heterocycles. The molecule has 0 atom stereocenters. The molecule has 2 fully saturated rings. The van der Waals surface area contributed by atoms with Gasteiger partial charge in [0.15, 0.2) is 11.5 Å². The fourth-order valence-corrected chi connectivity index (χ4v) is 6.38. The van der Waals surface area contributed by atoms with Crippen molar-refractivity contribution in [1.29, 1.82) is 0 Å². The van der Waals surface area contributed by atoms with Gasteiger partial charge in [-0.2, -0.15) is 0 Å². The van der Waals surface area contributed by atoms with Crippen molar-refractivity contribution in [2.24, 2.45) is 0 Å². The number of β-amino-alcohol motifs (C(OH)–C–C–N with tert-alkyl or cyclic N) is 1. The third-order valence-corrected chi connectivity index (χ3v) is 8.75. The van der Waals surface area contributed by atoms with Crippen LogP contribution in [-0.2, 0) is 11.2 Å². The molecule has 3 aromatic rings. The second-order valence-electron chi connectivity index (χ2n) is 9.86. The number of carbonyl (C=O) groups is 1. The van der Waals surface area contributed by atoms with E-state index in [9.17, 15) is 14.7 Å². The molecule has 41 heavy (non-hydrogen) atoms. The van der Waals surface area contributed by atoms with Gasteiger partial charge < -0.3 is 19.5 Å². The molecule has 1 amide bonds.